The number of halogens is 2. The van der Waals surface area contributed by atoms with Gasteiger partial charge in [-0.25, -0.2) is 13.6 Å². The van der Waals surface area contributed by atoms with Gasteiger partial charge in [-0.1, -0.05) is 54.6 Å². The lowest BCUT2D eigenvalue weighted by atomic mass is 9.93. The van der Waals surface area contributed by atoms with E-state index in [4.69, 9.17) is 4.74 Å². The Morgan fingerprint density at radius 1 is 1.00 bits per heavy atom. The van der Waals surface area contributed by atoms with Crippen molar-refractivity contribution in [2.24, 2.45) is 7.05 Å². The van der Waals surface area contributed by atoms with Gasteiger partial charge in [-0.2, -0.15) is 5.10 Å². The lowest BCUT2D eigenvalue weighted by molar-refractivity contribution is -0.140. The summed E-state index contributed by atoms with van der Waals surface area (Å²) in [5, 5.41) is 16.2. The van der Waals surface area contributed by atoms with E-state index in [1.165, 1.54) is 10.9 Å². The predicted molar refractivity (Wildman–Crippen MR) is 138 cm³/mol. The number of anilines is 1. The van der Waals surface area contributed by atoms with Crippen LogP contribution in [0.3, 0.4) is 0 Å². The Labute approximate surface area is 217 Å². The SMILES string of the molecule is C[C@@H](OC(=O)Nc1c(-c2cc(F)c(-c3ccc(C4(C(=O)O)CC4)cc3)cc2F)cnn1C)c1ccccc1. The van der Waals surface area contributed by atoms with Gasteiger partial charge in [-0.3, -0.25) is 14.8 Å². The van der Waals surface area contributed by atoms with Crippen molar-refractivity contribution in [3.63, 3.8) is 0 Å². The molecule has 1 aromatic heterocycles. The van der Waals surface area contributed by atoms with Gasteiger partial charge in [0, 0.05) is 23.7 Å². The van der Waals surface area contributed by atoms with Crippen LogP contribution in [0.2, 0.25) is 0 Å². The highest BCUT2D eigenvalue weighted by Gasteiger charge is 2.51. The van der Waals surface area contributed by atoms with Gasteiger partial charge < -0.3 is 9.84 Å². The monoisotopic (exact) mass is 517 g/mol. The number of hydrogen-bond donors (Lipinski definition) is 2. The minimum atomic E-state index is -0.883. The molecule has 7 nitrogen and oxygen atoms in total. The first-order valence-electron chi connectivity index (χ1n) is 12.1. The Kier molecular flexibility index (Phi) is 6.44. The zero-order valence-electron chi connectivity index (χ0n) is 20.7. The van der Waals surface area contributed by atoms with E-state index in [9.17, 15) is 14.7 Å². The third kappa shape index (κ3) is 4.63. The molecule has 0 unspecified atom stereocenters. The maximum absolute atomic E-state index is 15.3. The third-order valence-corrected chi connectivity index (χ3v) is 6.97. The predicted octanol–water partition coefficient (Wildman–Crippen LogP) is 6.46. The summed E-state index contributed by atoms with van der Waals surface area (Å²) in [5.74, 6) is -2.12. The fourth-order valence-electron chi connectivity index (χ4n) is 4.56. The molecule has 0 saturated heterocycles. The van der Waals surface area contributed by atoms with E-state index in [0.717, 1.165) is 17.7 Å². The van der Waals surface area contributed by atoms with E-state index in [1.54, 1.807) is 38.2 Å². The second-order valence-corrected chi connectivity index (χ2v) is 9.39. The fourth-order valence-corrected chi connectivity index (χ4v) is 4.56. The number of carboxylic acid groups (broad SMARTS) is 1. The van der Waals surface area contributed by atoms with E-state index in [2.05, 4.69) is 10.4 Å². The Bertz CT molecular complexity index is 1510. The van der Waals surface area contributed by atoms with Crippen LogP contribution in [0.15, 0.2) is 72.9 Å². The van der Waals surface area contributed by atoms with Gasteiger partial charge in [0.05, 0.1) is 11.6 Å². The van der Waals surface area contributed by atoms with Crippen LogP contribution >= 0.6 is 0 Å². The number of aryl methyl sites for hydroxylation is 1. The molecule has 1 atom stereocenters. The average Bonchev–Trinajstić information content (AvgIpc) is 3.65. The number of carboxylic acids is 1. The first-order valence-corrected chi connectivity index (χ1v) is 12.1. The van der Waals surface area contributed by atoms with Crippen LogP contribution in [-0.4, -0.2) is 26.9 Å². The smallest absolute Gasteiger partial charge is 0.413 e. The first-order chi connectivity index (χ1) is 18.2. The molecule has 0 aliphatic heterocycles. The summed E-state index contributed by atoms with van der Waals surface area (Å²) in [5.41, 5.74) is 1.13. The number of carbonyl (C=O) groups excluding carboxylic acids is 1. The van der Waals surface area contributed by atoms with Gasteiger partial charge >= 0.3 is 12.1 Å². The highest BCUT2D eigenvalue weighted by atomic mass is 19.1. The quantitative estimate of drug-likeness (QED) is 0.294. The molecular formula is C29H25F2N3O4. The Morgan fingerprint density at radius 2 is 1.63 bits per heavy atom. The molecule has 194 valence electrons. The maximum atomic E-state index is 15.3. The van der Waals surface area contributed by atoms with Crippen LogP contribution in [0, 0.1) is 11.6 Å². The molecule has 1 aliphatic carbocycles. The van der Waals surface area contributed by atoms with E-state index in [1.807, 2.05) is 30.3 Å². The average molecular weight is 518 g/mol. The molecule has 3 aromatic carbocycles. The normalized spacial score (nSPS) is 14.5. The van der Waals surface area contributed by atoms with Gasteiger partial charge in [0.25, 0.3) is 0 Å². The molecule has 0 spiro atoms. The van der Waals surface area contributed by atoms with Crippen molar-refractivity contribution in [3.05, 3.63) is 95.7 Å². The summed E-state index contributed by atoms with van der Waals surface area (Å²) in [6, 6.07) is 17.8. The highest BCUT2D eigenvalue weighted by molar-refractivity contribution is 5.90. The van der Waals surface area contributed by atoms with Crippen LogP contribution in [0.1, 0.15) is 37.0 Å². The van der Waals surface area contributed by atoms with Crippen molar-refractivity contribution in [1.82, 2.24) is 9.78 Å². The Balaban J connectivity index is 1.38. The summed E-state index contributed by atoms with van der Waals surface area (Å²) in [4.78, 5) is 24.2. The van der Waals surface area contributed by atoms with Crippen LogP contribution in [0.25, 0.3) is 22.3 Å². The number of carbonyl (C=O) groups is 2. The van der Waals surface area contributed by atoms with Gasteiger partial charge in [-0.15, -0.1) is 0 Å². The minimum Gasteiger partial charge on any atom is -0.481 e. The number of aromatic nitrogens is 2. The molecule has 38 heavy (non-hydrogen) atoms. The van der Waals surface area contributed by atoms with E-state index in [-0.39, 0.29) is 22.5 Å². The Hall–Kier alpha value is -4.53. The number of benzene rings is 3. The minimum absolute atomic E-state index is 0.0347. The van der Waals surface area contributed by atoms with Crippen molar-refractivity contribution in [2.45, 2.75) is 31.3 Å². The van der Waals surface area contributed by atoms with Gasteiger partial charge in [0.1, 0.15) is 23.6 Å². The summed E-state index contributed by atoms with van der Waals surface area (Å²) < 4.78 is 37.3. The topological polar surface area (TPSA) is 93.4 Å². The van der Waals surface area contributed by atoms with Crippen LogP contribution in [0.5, 0.6) is 0 Å². The van der Waals surface area contributed by atoms with E-state index >= 15 is 8.78 Å². The zero-order chi connectivity index (χ0) is 27.0. The van der Waals surface area contributed by atoms with E-state index < -0.39 is 35.2 Å². The second kappa shape index (κ2) is 9.74. The third-order valence-electron chi connectivity index (χ3n) is 6.97. The molecule has 5 rings (SSSR count). The molecule has 1 fully saturated rings. The molecule has 1 saturated carbocycles. The number of nitrogens with one attached hydrogen (secondary N) is 1. The van der Waals surface area contributed by atoms with Gasteiger partial charge in [0.2, 0.25) is 0 Å². The molecule has 0 bridgehead atoms. The largest absolute Gasteiger partial charge is 0.481 e. The lowest BCUT2D eigenvalue weighted by Gasteiger charge is -2.15. The molecule has 1 amide bonds. The van der Waals surface area contributed by atoms with Crippen molar-refractivity contribution in [3.8, 4) is 22.3 Å². The van der Waals surface area contributed by atoms with Gasteiger partial charge in [0.15, 0.2) is 0 Å². The zero-order valence-corrected chi connectivity index (χ0v) is 20.7. The van der Waals surface area contributed by atoms with Crippen LogP contribution in [-0.2, 0) is 22.0 Å². The molecule has 1 aliphatic rings. The Morgan fingerprint density at radius 3 is 2.26 bits per heavy atom. The van der Waals surface area contributed by atoms with E-state index in [0.29, 0.717) is 24.0 Å². The summed E-state index contributed by atoms with van der Waals surface area (Å²) >= 11 is 0. The number of rotatable bonds is 7. The number of nitrogens with zero attached hydrogens (tertiary/aromatic N) is 2. The summed E-state index contributed by atoms with van der Waals surface area (Å²) in [7, 11) is 1.56. The van der Waals surface area contributed by atoms with Gasteiger partial charge in [-0.05, 0) is 48.6 Å². The van der Waals surface area contributed by atoms with Crippen molar-refractivity contribution < 1.29 is 28.2 Å². The number of hydrogen-bond acceptors (Lipinski definition) is 4. The molecule has 4 aromatic rings. The molecule has 0 radical (unpaired) electrons. The number of ether oxygens (including phenoxy) is 1. The van der Waals surface area contributed by atoms with Crippen molar-refractivity contribution in [1.29, 1.82) is 0 Å². The number of amides is 1. The molecule has 2 N–H and O–H groups in total. The first kappa shape index (κ1) is 25.1. The standard InChI is InChI=1S/C29H25F2N3O4/c1-17(18-6-4-3-5-7-18)38-28(37)33-26-23(16-32-34(26)2)22-15-24(30)21(14-25(22)31)19-8-10-20(11-9-19)29(12-13-29)27(35)36/h3-11,14-17H,12-13H2,1-2H3,(H,33,37)(H,35,36)/t17-/m1/s1. The molecule has 1 heterocycles. The summed E-state index contributed by atoms with van der Waals surface area (Å²) in [6.07, 6.45) is 1.15. The van der Waals surface area contributed by atoms with Crippen molar-refractivity contribution in [2.75, 3.05) is 5.32 Å². The highest BCUT2D eigenvalue weighted by Crippen LogP contribution is 2.48. The maximum Gasteiger partial charge on any atom is 0.413 e. The number of aliphatic carboxylic acids is 1. The molecule has 9 heteroatoms. The summed E-state index contributed by atoms with van der Waals surface area (Å²) in [6.45, 7) is 1.73. The van der Waals surface area contributed by atoms with Crippen LogP contribution in [0.4, 0.5) is 19.4 Å². The van der Waals surface area contributed by atoms with Crippen molar-refractivity contribution >= 4 is 17.9 Å². The molecular weight excluding hydrogens is 492 g/mol. The van der Waals surface area contributed by atoms with Crippen LogP contribution < -0.4 is 5.32 Å². The lowest BCUT2D eigenvalue weighted by Crippen LogP contribution is -2.19. The fraction of sp³-hybridized carbons (Fsp3) is 0.207. The second-order valence-electron chi connectivity index (χ2n) is 9.39.